The Morgan fingerprint density at radius 3 is 2.50 bits per heavy atom. The maximum atomic E-state index is 12.5. The van der Waals surface area contributed by atoms with E-state index in [4.69, 9.17) is 5.73 Å². The smallest absolute Gasteiger partial charge is 0.227 e. The van der Waals surface area contributed by atoms with Crippen LogP contribution in [0.5, 0.6) is 0 Å². The zero-order valence-corrected chi connectivity index (χ0v) is 13.6. The molecule has 3 nitrogen and oxygen atoms in total. The molecule has 20 heavy (non-hydrogen) atoms. The molecule has 0 saturated heterocycles. The van der Waals surface area contributed by atoms with E-state index in [0.29, 0.717) is 6.54 Å². The standard InChI is InChI=1S/C16H23BrN2O/c1-12(10-13-4-6-14(17)7-5-13)19-15(20)16(11-18)8-2-3-9-16/h4-7,12H,2-3,8-11,18H2,1H3,(H,19,20). The van der Waals surface area contributed by atoms with Crippen LogP contribution in [0.25, 0.3) is 0 Å². The number of rotatable bonds is 5. The fourth-order valence-electron chi connectivity index (χ4n) is 2.98. The lowest BCUT2D eigenvalue weighted by molar-refractivity contribution is -0.130. The zero-order chi connectivity index (χ0) is 14.6. The summed E-state index contributed by atoms with van der Waals surface area (Å²) in [6.07, 6.45) is 4.94. The van der Waals surface area contributed by atoms with E-state index in [-0.39, 0.29) is 17.4 Å². The molecule has 3 N–H and O–H groups in total. The van der Waals surface area contributed by atoms with E-state index < -0.39 is 0 Å². The van der Waals surface area contributed by atoms with E-state index in [2.05, 4.69) is 40.3 Å². The van der Waals surface area contributed by atoms with Crippen LogP contribution in [0.4, 0.5) is 0 Å². The second kappa shape index (κ2) is 6.72. The Kier molecular flexibility index (Phi) is 5.22. The first-order chi connectivity index (χ1) is 9.55. The predicted molar refractivity (Wildman–Crippen MR) is 85.4 cm³/mol. The lowest BCUT2D eigenvalue weighted by Gasteiger charge is -2.28. The minimum absolute atomic E-state index is 0.132. The number of hydrogen-bond donors (Lipinski definition) is 2. The van der Waals surface area contributed by atoms with Gasteiger partial charge in [0.05, 0.1) is 5.41 Å². The lowest BCUT2D eigenvalue weighted by atomic mass is 9.85. The monoisotopic (exact) mass is 338 g/mol. The van der Waals surface area contributed by atoms with Gasteiger partial charge in [-0.1, -0.05) is 40.9 Å². The Morgan fingerprint density at radius 2 is 1.95 bits per heavy atom. The Bertz CT molecular complexity index is 452. The van der Waals surface area contributed by atoms with Gasteiger partial charge in [0.2, 0.25) is 5.91 Å². The third-order valence-electron chi connectivity index (χ3n) is 4.27. The molecule has 0 spiro atoms. The average molecular weight is 339 g/mol. The second-order valence-electron chi connectivity index (χ2n) is 5.90. The van der Waals surface area contributed by atoms with Crippen LogP contribution in [0, 0.1) is 5.41 Å². The summed E-state index contributed by atoms with van der Waals surface area (Å²) in [7, 11) is 0. The molecule has 4 heteroatoms. The summed E-state index contributed by atoms with van der Waals surface area (Å²) in [6.45, 7) is 2.52. The minimum atomic E-state index is -0.312. The summed E-state index contributed by atoms with van der Waals surface area (Å²) < 4.78 is 1.07. The molecule has 2 rings (SSSR count). The van der Waals surface area contributed by atoms with Crippen molar-refractivity contribution in [2.75, 3.05) is 6.54 Å². The van der Waals surface area contributed by atoms with Gasteiger partial charge < -0.3 is 11.1 Å². The van der Waals surface area contributed by atoms with E-state index in [9.17, 15) is 4.79 Å². The predicted octanol–water partition coefficient (Wildman–Crippen LogP) is 3.02. The number of carbonyl (C=O) groups excluding carboxylic acids is 1. The normalized spacial score (nSPS) is 18.8. The molecule has 0 bridgehead atoms. The number of amides is 1. The fourth-order valence-corrected chi connectivity index (χ4v) is 3.24. The third kappa shape index (κ3) is 3.61. The van der Waals surface area contributed by atoms with Crippen molar-refractivity contribution in [1.29, 1.82) is 0 Å². The molecular weight excluding hydrogens is 316 g/mol. The van der Waals surface area contributed by atoms with Crippen LogP contribution in [0.15, 0.2) is 28.7 Å². The first-order valence-corrected chi connectivity index (χ1v) is 8.10. The number of carbonyl (C=O) groups is 1. The molecule has 0 aromatic heterocycles. The molecule has 0 aliphatic heterocycles. The third-order valence-corrected chi connectivity index (χ3v) is 4.79. The van der Waals surface area contributed by atoms with Gasteiger partial charge in [-0.25, -0.2) is 0 Å². The summed E-state index contributed by atoms with van der Waals surface area (Å²) in [6, 6.07) is 8.36. The van der Waals surface area contributed by atoms with E-state index in [1.54, 1.807) is 0 Å². The molecule has 1 aromatic rings. The molecule has 1 saturated carbocycles. The summed E-state index contributed by atoms with van der Waals surface area (Å²) in [5, 5.41) is 3.15. The van der Waals surface area contributed by atoms with Crippen molar-refractivity contribution in [1.82, 2.24) is 5.32 Å². The lowest BCUT2D eigenvalue weighted by Crippen LogP contribution is -2.47. The molecule has 0 heterocycles. The fraction of sp³-hybridized carbons (Fsp3) is 0.562. The minimum Gasteiger partial charge on any atom is -0.353 e. The summed E-state index contributed by atoms with van der Waals surface area (Å²) in [4.78, 5) is 12.5. The number of hydrogen-bond acceptors (Lipinski definition) is 2. The SMILES string of the molecule is CC(Cc1ccc(Br)cc1)NC(=O)C1(CN)CCCC1. The summed E-state index contributed by atoms with van der Waals surface area (Å²) >= 11 is 3.43. The van der Waals surface area contributed by atoms with Gasteiger partial charge in [-0.2, -0.15) is 0 Å². The van der Waals surface area contributed by atoms with Crippen molar-refractivity contribution in [3.63, 3.8) is 0 Å². The van der Waals surface area contributed by atoms with Crippen molar-refractivity contribution in [2.24, 2.45) is 11.1 Å². The van der Waals surface area contributed by atoms with Crippen LogP contribution in [0.2, 0.25) is 0 Å². The zero-order valence-electron chi connectivity index (χ0n) is 12.0. The highest BCUT2D eigenvalue weighted by atomic mass is 79.9. The molecule has 1 aromatic carbocycles. The molecule has 1 unspecified atom stereocenters. The van der Waals surface area contributed by atoms with Crippen molar-refractivity contribution in [3.05, 3.63) is 34.3 Å². The summed E-state index contributed by atoms with van der Waals surface area (Å²) in [5.41, 5.74) is 6.77. The topological polar surface area (TPSA) is 55.1 Å². The van der Waals surface area contributed by atoms with Gasteiger partial charge in [0.15, 0.2) is 0 Å². The van der Waals surface area contributed by atoms with Gasteiger partial charge >= 0.3 is 0 Å². The van der Waals surface area contributed by atoms with Crippen molar-refractivity contribution in [3.8, 4) is 0 Å². The Hall–Kier alpha value is -0.870. The van der Waals surface area contributed by atoms with Gasteiger partial charge in [0.25, 0.3) is 0 Å². The molecule has 1 fully saturated rings. The van der Waals surface area contributed by atoms with Gasteiger partial charge in [0.1, 0.15) is 0 Å². The first-order valence-electron chi connectivity index (χ1n) is 7.31. The van der Waals surface area contributed by atoms with Gasteiger partial charge in [-0.3, -0.25) is 4.79 Å². The van der Waals surface area contributed by atoms with E-state index in [1.807, 2.05) is 12.1 Å². The van der Waals surface area contributed by atoms with Gasteiger partial charge in [-0.05, 0) is 43.9 Å². The Balaban J connectivity index is 1.92. The second-order valence-corrected chi connectivity index (χ2v) is 6.81. The van der Waals surface area contributed by atoms with Crippen molar-refractivity contribution < 1.29 is 4.79 Å². The first kappa shape index (κ1) is 15.5. The Labute approximate surface area is 129 Å². The van der Waals surface area contributed by atoms with Crippen LogP contribution < -0.4 is 11.1 Å². The molecule has 110 valence electrons. The summed E-state index contributed by atoms with van der Waals surface area (Å²) in [5.74, 6) is 0.141. The van der Waals surface area contributed by atoms with Crippen LogP contribution in [0.1, 0.15) is 38.2 Å². The largest absolute Gasteiger partial charge is 0.353 e. The highest BCUT2D eigenvalue weighted by Gasteiger charge is 2.40. The molecule has 1 aliphatic carbocycles. The maximum Gasteiger partial charge on any atom is 0.227 e. The van der Waals surface area contributed by atoms with Crippen molar-refractivity contribution in [2.45, 2.75) is 45.1 Å². The molecular formula is C16H23BrN2O. The number of nitrogens with one attached hydrogen (secondary N) is 1. The van der Waals surface area contributed by atoms with E-state index in [0.717, 1.165) is 36.6 Å². The highest BCUT2D eigenvalue weighted by Crippen LogP contribution is 2.37. The molecule has 1 amide bonds. The number of nitrogens with two attached hydrogens (primary N) is 1. The molecule has 1 atom stereocenters. The van der Waals surface area contributed by atoms with Crippen LogP contribution in [0.3, 0.4) is 0 Å². The Morgan fingerprint density at radius 1 is 1.35 bits per heavy atom. The van der Waals surface area contributed by atoms with Gasteiger partial charge in [-0.15, -0.1) is 0 Å². The van der Waals surface area contributed by atoms with Crippen LogP contribution >= 0.6 is 15.9 Å². The van der Waals surface area contributed by atoms with E-state index in [1.165, 1.54) is 5.56 Å². The maximum absolute atomic E-state index is 12.5. The van der Waals surface area contributed by atoms with E-state index >= 15 is 0 Å². The van der Waals surface area contributed by atoms with Gasteiger partial charge in [0, 0.05) is 17.1 Å². The number of benzene rings is 1. The number of halogens is 1. The van der Waals surface area contributed by atoms with Crippen LogP contribution in [-0.2, 0) is 11.2 Å². The molecule has 0 radical (unpaired) electrons. The quantitative estimate of drug-likeness (QED) is 0.866. The average Bonchev–Trinajstić information content (AvgIpc) is 2.91. The highest BCUT2D eigenvalue weighted by molar-refractivity contribution is 9.10. The molecule has 1 aliphatic rings. The van der Waals surface area contributed by atoms with Crippen molar-refractivity contribution >= 4 is 21.8 Å². The van der Waals surface area contributed by atoms with Crippen LogP contribution in [-0.4, -0.2) is 18.5 Å².